The Kier molecular flexibility index (Phi) is 5.66. The van der Waals surface area contributed by atoms with Crippen molar-refractivity contribution in [3.05, 3.63) is 35.4 Å². The number of thiocarbonyl (C=S) groups is 1. The maximum atomic E-state index is 11.9. The first-order chi connectivity index (χ1) is 10.6. The molecule has 6 heteroatoms. The molecule has 1 heterocycles. The molecule has 1 aliphatic rings. The van der Waals surface area contributed by atoms with Gasteiger partial charge in [-0.1, -0.05) is 38.0 Å². The lowest BCUT2D eigenvalue weighted by Crippen LogP contribution is -2.51. The van der Waals surface area contributed by atoms with Crippen molar-refractivity contribution in [3.63, 3.8) is 0 Å². The average Bonchev–Trinajstić information content (AvgIpc) is 2.48. The molecule has 0 saturated carbocycles. The van der Waals surface area contributed by atoms with Crippen molar-refractivity contribution in [2.75, 3.05) is 6.61 Å². The molecule has 5 nitrogen and oxygen atoms in total. The molecule has 0 atom stereocenters. The molecule has 1 aromatic rings. The Morgan fingerprint density at radius 2 is 1.82 bits per heavy atom. The van der Waals surface area contributed by atoms with Crippen molar-refractivity contribution in [3.8, 4) is 5.75 Å². The van der Waals surface area contributed by atoms with E-state index in [0.29, 0.717) is 17.9 Å². The van der Waals surface area contributed by atoms with Gasteiger partial charge in [0.25, 0.3) is 11.8 Å². The molecule has 0 spiro atoms. The van der Waals surface area contributed by atoms with Crippen molar-refractivity contribution in [2.24, 2.45) is 0 Å². The van der Waals surface area contributed by atoms with Gasteiger partial charge < -0.3 is 4.74 Å². The molecule has 1 saturated heterocycles. The van der Waals surface area contributed by atoms with E-state index in [4.69, 9.17) is 17.0 Å². The predicted molar refractivity (Wildman–Crippen MR) is 88.3 cm³/mol. The van der Waals surface area contributed by atoms with Crippen LogP contribution in [0, 0.1) is 0 Å². The largest absolute Gasteiger partial charge is 0.493 e. The molecule has 116 valence electrons. The van der Waals surface area contributed by atoms with Gasteiger partial charge in [-0.2, -0.15) is 0 Å². The summed E-state index contributed by atoms with van der Waals surface area (Å²) in [6.07, 6.45) is 4.71. The van der Waals surface area contributed by atoms with Crippen molar-refractivity contribution in [1.29, 1.82) is 0 Å². The summed E-state index contributed by atoms with van der Waals surface area (Å²) in [5.74, 6) is -0.357. The number of carbonyl (C=O) groups excluding carboxylic acids is 2. The third-order valence-corrected chi connectivity index (χ3v) is 3.37. The third kappa shape index (κ3) is 4.14. The SMILES string of the molecule is CCCCCOc1ccccc1C=C1C(=O)NC(=S)NC1=O. The number of para-hydroxylation sites is 1. The Hall–Kier alpha value is -2.21. The first-order valence-electron chi connectivity index (χ1n) is 7.22. The smallest absolute Gasteiger partial charge is 0.263 e. The summed E-state index contributed by atoms with van der Waals surface area (Å²) in [7, 11) is 0. The average molecular weight is 318 g/mol. The number of ether oxygens (including phenoxy) is 1. The summed E-state index contributed by atoms with van der Waals surface area (Å²) in [6, 6.07) is 7.30. The van der Waals surface area contributed by atoms with Crippen LogP contribution in [0.4, 0.5) is 0 Å². The fourth-order valence-corrected chi connectivity index (χ4v) is 2.21. The van der Waals surface area contributed by atoms with Crippen LogP contribution in [-0.4, -0.2) is 23.5 Å². The molecule has 2 N–H and O–H groups in total. The van der Waals surface area contributed by atoms with E-state index in [1.54, 1.807) is 6.07 Å². The van der Waals surface area contributed by atoms with Gasteiger partial charge in [0, 0.05) is 5.56 Å². The minimum atomic E-state index is -0.505. The summed E-state index contributed by atoms with van der Waals surface area (Å²) in [5.41, 5.74) is 0.699. The molecule has 0 unspecified atom stereocenters. The van der Waals surface area contributed by atoms with E-state index in [2.05, 4.69) is 17.6 Å². The quantitative estimate of drug-likeness (QED) is 0.365. The molecule has 0 aliphatic carbocycles. The van der Waals surface area contributed by atoms with Crippen molar-refractivity contribution >= 4 is 35.2 Å². The van der Waals surface area contributed by atoms with Gasteiger partial charge in [0.15, 0.2) is 5.11 Å². The van der Waals surface area contributed by atoms with Crippen LogP contribution in [-0.2, 0) is 9.59 Å². The van der Waals surface area contributed by atoms with Crippen LogP contribution in [0.15, 0.2) is 29.8 Å². The Labute approximate surface area is 134 Å². The highest BCUT2D eigenvalue weighted by Crippen LogP contribution is 2.22. The van der Waals surface area contributed by atoms with Gasteiger partial charge in [-0.15, -0.1) is 0 Å². The van der Waals surface area contributed by atoms with Crippen molar-refractivity contribution < 1.29 is 14.3 Å². The molecular formula is C16H18N2O3S. The summed E-state index contributed by atoms with van der Waals surface area (Å²) >= 11 is 4.77. The van der Waals surface area contributed by atoms with Crippen LogP contribution >= 0.6 is 12.2 Å². The molecule has 22 heavy (non-hydrogen) atoms. The number of benzene rings is 1. The predicted octanol–water partition coefficient (Wildman–Crippen LogP) is 2.17. The fraction of sp³-hybridized carbons (Fsp3) is 0.312. The summed E-state index contributed by atoms with van der Waals surface area (Å²) in [5, 5.41) is 4.85. The van der Waals surface area contributed by atoms with E-state index in [1.807, 2.05) is 18.2 Å². The first kappa shape index (κ1) is 16.2. The van der Waals surface area contributed by atoms with Gasteiger partial charge in [0.2, 0.25) is 0 Å². The summed E-state index contributed by atoms with van der Waals surface area (Å²) in [4.78, 5) is 23.7. The lowest BCUT2D eigenvalue weighted by Gasteiger charge is -2.17. The van der Waals surface area contributed by atoms with E-state index >= 15 is 0 Å². The van der Waals surface area contributed by atoms with Gasteiger partial charge in [-0.05, 0) is 30.8 Å². The lowest BCUT2D eigenvalue weighted by atomic mass is 10.1. The highest BCUT2D eigenvalue weighted by atomic mass is 32.1. The number of rotatable bonds is 6. The van der Waals surface area contributed by atoms with E-state index in [-0.39, 0.29) is 10.7 Å². The van der Waals surface area contributed by atoms with Crippen LogP contribution in [0.2, 0.25) is 0 Å². The molecule has 2 rings (SSSR count). The zero-order valence-corrected chi connectivity index (χ0v) is 13.2. The lowest BCUT2D eigenvalue weighted by molar-refractivity contribution is -0.123. The Morgan fingerprint density at radius 1 is 1.14 bits per heavy atom. The molecular weight excluding hydrogens is 300 g/mol. The standard InChI is InChI=1S/C16H18N2O3S/c1-2-3-6-9-21-13-8-5-4-7-11(13)10-12-14(19)17-16(22)18-15(12)20/h4-5,7-8,10H,2-3,6,9H2,1H3,(H2,17,18,19,20,22). The second kappa shape index (κ2) is 7.70. The molecule has 0 bridgehead atoms. The third-order valence-electron chi connectivity index (χ3n) is 3.17. The van der Waals surface area contributed by atoms with Gasteiger partial charge in [0.05, 0.1) is 6.61 Å². The normalized spacial score (nSPS) is 14.4. The van der Waals surface area contributed by atoms with Crippen LogP contribution in [0.25, 0.3) is 6.08 Å². The minimum Gasteiger partial charge on any atom is -0.493 e. The highest BCUT2D eigenvalue weighted by Gasteiger charge is 2.25. The topological polar surface area (TPSA) is 67.4 Å². The van der Waals surface area contributed by atoms with Gasteiger partial charge in [-0.25, -0.2) is 0 Å². The first-order valence-corrected chi connectivity index (χ1v) is 7.63. The molecule has 0 aromatic heterocycles. The number of hydrogen-bond donors (Lipinski definition) is 2. The van der Waals surface area contributed by atoms with Gasteiger partial charge >= 0.3 is 0 Å². The molecule has 1 fully saturated rings. The maximum absolute atomic E-state index is 11.9. The number of hydrogen-bond acceptors (Lipinski definition) is 4. The van der Waals surface area contributed by atoms with Crippen molar-refractivity contribution in [1.82, 2.24) is 10.6 Å². The maximum Gasteiger partial charge on any atom is 0.263 e. The zero-order chi connectivity index (χ0) is 15.9. The Bertz CT molecular complexity index is 604. The molecule has 1 aromatic carbocycles. The van der Waals surface area contributed by atoms with Gasteiger partial charge in [-0.3, -0.25) is 20.2 Å². The fourth-order valence-electron chi connectivity index (χ4n) is 2.03. The van der Waals surface area contributed by atoms with Gasteiger partial charge in [0.1, 0.15) is 11.3 Å². The number of amides is 2. The number of unbranched alkanes of at least 4 members (excludes halogenated alkanes) is 2. The second-order valence-corrected chi connectivity index (χ2v) is 5.30. The second-order valence-electron chi connectivity index (χ2n) is 4.89. The van der Waals surface area contributed by atoms with E-state index in [1.165, 1.54) is 6.08 Å². The summed E-state index contributed by atoms with van der Waals surface area (Å²) < 4.78 is 5.74. The van der Waals surface area contributed by atoms with Crippen LogP contribution in [0.3, 0.4) is 0 Å². The highest BCUT2D eigenvalue weighted by molar-refractivity contribution is 7.80. The molecule has 2 amide bonds. The Balaban J connectivity index is 2.18. The monoisotopic (exact) mass is 318 g/mol. The zero-order valence-electron chi connectivity index (χ0n) is 12.3. The van der Waals surface area contributed by atoms with Crippen LogP contribution in [0.5, 0.6) is 5.75 Å². The molecule has 0 radical (unpaired) electrons. The number of nitrogens with one attached hydrogen (secondary N) is 2. The molecule has 1 aliphatic heterocycles. The Morgan fingerprint density at radius 3 is 2.50 bits per heavy atom. The van der Waals surface area contributed by atoms with Crippen LogP contribution in [0.1, 0.15) is 31.7 Å². The van der Waals surface area contributed by atoms with E-state index in [9.17, 15) is 9.59 Å². The number of carbonyl (C=O) groups is 2. The minimum absolute atomic E-state index is 0.0122. The summed E-state index contributed by atoms with van der Waals surface area (Å²) in [6.45, 7) is 2.74. The van der Waals surface area contributed by atoms with E-state index < -0.39 is 11.8 Å². The van der Waals surface area contributed by atoms with E-state index in [0.717, 1.165) is 19.3 Å². The van der Waals surface area contributed by atoms with Crippen molar-refractivity contribution in [2.45, 2.75) is 26.2 Å². The van der Waals surface area contributed by atoms with Crippen LogP contribution < -0.4 is 15.4 Å².